The van der Waals surface area contributed by atoms with Crippen LogP contribution in [0.1, 0.15) is 15.9 Å². The highest BCUT2D eigenvalue weighted by Gasteiger charge is 2.12. The Kier molecular flexibility index (Phi) is 2.98. The summed E-state index contributed by atoms with van der Waals surface area (Å²) in [6, 6.07) is 7.87. The van der Waals surface area contributed by atoms with Crippen molar-refractivity contribution < 1.29 is 9.90 Å². The number of aryl methyl sites for hydroxylation is 1. The van der Waals surface area contributed by atoms with Crippen LogP contribution in [0, 0.1) is 11.3 Å². The summed E-state index contributed by atoms with van der Waals surface area (Å²) >= 11 is 0. The van der Waals surface area contributed by atoms with Gasteiger partial charge in [-0.25, -0.2) is 0 Å². The average Bonchev–Trinajstić information content (AvgIpc) is 2.69. The van der Waals surface area contributed by atoms with Gasteiger partial charge in [-0.1, -0.05) is 6.07 Å². The number of anilines is 1. The van der Waals surface area contributed by atoms with E-state index < -0.39 is 5.91 Å². The van der Waals surface area contributed by atoms with Crippen molar-refractivity contribution in [1.29, 1.82) is 5.26 Å². The second-order valence-corrected chi connectivity index (χ2v) is 3.68. The number of rotatable bonds is 2. The van der Waals surface area contributed by atoms with E-state index in [1.54, 1.807) is 19.2 Å². The van der Waals surface area contributed by atoms with Gasteiger partial charge >= 0.3 is 0 Å². The highest BCUT2D eigenvalue weighted by Crippen LogP contribution is 2.15. The highest BCUT2D eigenvalue weighted by molar-refractivity contribution is 6.04. The van der Waals surface area contributed by atoms with E-state index in [1.165, 1.54) is 23.0 Å². The highest BCUT2D eigenvalue weighted by atomic mass is 16.3. The molecule has 0 fully saturated rings. The summed E-state index contributed by atoms with van der Waals surface area (Å²) in [5.74, 6) is -0.223. The van der Waals surface area contributed by atoms with E-state index in [1.807, 2.05) is 6.07 Å². The first-order chi connectivity index (χ1) is 8.60. The van der Waals surface area contributed by atoms with Crippen LogP contribution in [0.3, 0.4) is 0 Å². The second-order valence-electron chi connectivity index (χ2n) is 3.68. The first kappa shape index (κ1) is 11.7. The van der Waals surface area contributed by atoms with Crippen LogP contribution in [0.25, 0.3) is 0 Å². The van der Waals surface area contributed by atoms with Crippen LogP contribution in [0.15, 0.2) is 30.5 Å². The zero-order valence-electron chi connectivity index (χ0n) is 9.58. The Morgan fingerprint density at radius 2 is 2.33 bits per heavy atom. The number of amides is 1. The van der Waals surface area contributed by atoms with Crippen molar-refractivity contribution in [3.05, 3.63) is 41.6 Å². The summed E-state index contributed by atoms with van der Waals surface area (Å²) < 4.78 is 1.44. The molecule has 0 saturated carbocycles. The summed E-state index contributed by atoms with van der Waals surface area (Å²) in [6.07, 6.45) is 1.51. The maximum atomic E-state index is 11.9. The summed E-state index contributed by atoms with van der Waals surface area (Å²) in [5.41, 5.74) is 0.579. The third-order valence-electron chi connectivity index (χ3n) is 2.29. The molecule has 1 aromatic carbocycles. The van der Waals surface area contributed by atoms with Crippen molar-refractivity contribution in [3.63, 3.8) is 0 Å². The molecule has 0 unspecified atom stereocenters. The fourth-order valence-electron chi connectivity index (χ4n) is 1.49. The molecule has 0 aliphatic carbocycles. The molecule has 1 heterocycles. The number of aromatic hydroxyl groups is 1. The number of hydrogen-bond acceptors (Lipinski definition) is 4. The van der Waals surface area contributed by atoms with Crippen molar-refractivity contribution >= 4 is 11.7 Å². The largest absolute Gasteiger partial charge is 0.508 e. The zero-order chi connectivity index (χ0) is 13.1. The molecule has 0 bridgehead atoms. The predicted octanol–water partition coefficient (Wildman–Crippen LogP) is 1.25. The number of carbonyl (C=O) groups excluding carboxylic acids is 1. The molecule has 1 aromatic heterocycles. The molecule has 18 heavy (non-hydrogen) atoms. The monoisotopic (exact) mass is 242 g/mol. The minimum Gasteiger partial charge on any atom is -0.508 e. The molecule has 90 valence electrons. The van der Waals surface area contributed by atoms with Gasteiger partial charge in [-0.2, -0.15) is 10.4 Å². The fraction of sp³-hybridized carbons (Fsp3) is 0.0833. The van der Waals surface area contributed by atoms with Gasteiger partial charge in [-0.05, 0) is 18.2 Å². The van der Waals surface area contributed by atoms with E-state index in [0.717, 1.165) is 0 Å². The van der Waals surface area contributed by atoms with E-state index in [0.29, 0.717) is 5.56 Å². The summed E-state index contributed by atoms with van der Waals surface area (Å²) in [7, 11) is 1.66. The van der Waals surface area contributed by atoms with Crippen molar-refractivity contribution in [3.8, 4) is 11.8 Å². The summed E-state index contributed by atoms with van der Waals surface area (Å²) in [5, 5.41) is 24.6. The minimum atomic E-state index is -0.430. The average molecular weight is 242 g/mol. The lowest BCUT2D eigenvalue weighted by Crippen LogP contribution is -2.13. The predicted molar refractivity (Wildman–Crippen MR) is 64.0 cm³/mol. The van der Waals surface area contributed by atoms with Crippen LogP contribution >= 0.6 is 0 Å². The summed E-state index contributed by atoms with van der Waals surface area (Å²) in [4.78, 5) is 11.9. The molecule has 0 aliphatic heterocycles. The van der Waals surface area contributed by atoms with Crippen LogP contribution in [0.5, 0.6) is 5.75 Å². The van der Waals surface area contributed by atoms with Crippen LogP contribution < -0.4 is 5.32 Å². The molecule has 6 nitrogen and oxygen atoms in total. The smallest absolute Gasteiger partial charge is 0.257 e. The number of aromatic nitrogens is 2. The lowest BCUT2D eigenvalue weighted by Gasteiger charge is -2.02. The van der Waals surface area contributed by atoms with Gasteiger partial charge in [0.2, 0.25) is 0 Å². The third kappa shape index (κ3) is 2.30. The lowest BCUT2D eigenvalue weighted by molar-refractivity contribution is 0.102. The molecule has 2 N–H and O–H groups in total. The molecular weight excluding hydrogens is 232 g/mol. The second kappa shape index (κ2) is 4.59. The maximum Gasteiger partial charge on any atom is 0.257 e. The number of phenolic OH excluding ortho intramolecular Hbond substituents is 1. The molecule has 0 radical (unpaired) electrons. The number of phenols is 1. The van der Waals surface area contributed by atoms with Crippen LogP contribution in [-0.4, -0.2) is 20.8 Å². The standard InChI is InChI=1S/C12H10N4O2/c1-16-7-9(6-13)11(15-16)14-12(18)8-3-2-4-10(17)5-8/h2-5,7,17H,1H3,(H,14,15,18). The van der Waals surface area contributed by atoms with Gasteiger partial charge in [0.05, 0.1) is 0 Å². The number of benzene rings is 1. The Labute approximate surface area is 103 Å². The van der Waals surface area contributed by atoms with Crippen molar-refractivity contribution in [1.82, 2.24) is 9.78 Å². The number of nitrogens with one attached hydrogen (secondary N) is 1. The van der Waals surface area contributed by atoms with E-state index in [2.05, 4.69) is 10.4 Å². The van der Waals surface area contributed by atoms with Gasteiger partial charge in [-0.3, -0.25) is 9.48 Å². The molecule has 0 atom stereocenters. The molecule has 1 amide bonds. The number of nitriles is 1. The Balaban J connectivity index is 2.24. The number of carbonyl (C=O) groups is 1. The van der Waals surface area contributed by atoms with Gasteiger partial charge < -0.3 is 10.4 Å². The minimum absolute atomic E-state index is 0.00387. The van der Waals surface area contributed by atoms with Crippen molar-refractivity contribution in [2.24, 2.45) is 7.05 Å². The SMILES string of the molecule is Cn1cc(C#N)c(NC(=O)c2cccc(O)c2)n1. The molecule has 0 aliphatic rings. The Morgan fingerprint density at radius 1 is 1.56 bits per heavy atom. The topological polar surface area (TPSA) is 90.9 Å². The van der Waals surface area contributed by atoms with Crippen molar-refractivity contribution in [2.45, 2.75) is 0 Å². The summed E-state index contributed by atoms with van der Waals surface area (Å²) in [6.45, 7) is 0. The lowest BCUT2D eigenvalue weighted by atomic mass is 10.2. The first-order valence-corrected chi connectivity index (χ1v) is 5.14. The third-order valence-corrected chi connectivity index (χ3v) is 2.29. The van der Waals surface area contributed by atoms with E-state index in [-0.39, 0.29) is 17.1 Å². The Hall–Kier alpha value is -2.81. The van der Waals surface area contributed by atoms with E-state index in [9.17, 15) is 9.90 Å². The molecule has 2 aromatic rings. The van der Waals surface area contributed by atoms with E-state index >= 15 is 0 Å². The molecule has 0 spiro atoms. The number of hydrogen-bond donors (Lipinski definition) is 2. The van der Waals surface area contributed by atoms with Crippen molar-refractivity contribution in [2.75, 3.05) is 5.32 Å². The fourth-order valence-corrected chi connectivity index (χ4v) is 1.49. The zero-order valence-corrected chi connectivity index (χ0v) is 9.58. The quantitative estimate of drug-likeness (QED) is 0.829. The van der Waals surface area contributed by atoms with Gasteiger partial charge in [0.25, 0.3) is 5.91 Å². The first-order valence-electron chi connectivity index (χ1n) is 5.14. The molecule has 6 heteroatoms. The molecule has 0 saturated heterocycles. The normalized spacial score (nSPS) is 9.78. The maximum absolute atomic E-state index is 11.9. The van der Waals surface area contributed by atoms with Gasteiger partial charge in [0.1, 0.15) is 17.4 Å². The Morgan fingerprint density at radius 3 is 3.00 bits per heavy atom. The molecular formula is C12H10N4O2. The Bertz CT molecular complexity index is 640. The van der Waals surface area contributed by atoms with Crippen LogP contribution in [-0.2, 0) is 7.05 Å². The van der Waals surface area contributed by atoms with Crippen LogP contribution in [0.4, 0.5) is 5.82 Å². The van der Waals surface area contributed by atoms with Gasteiger partial charge in [0.15, 0.2) is 5.82 Å². The van der Waals surface area contributed by atoms with Gasteiger partial charge in [-0.15, -0.1) is 0 Å². The molecule has 2 rings (SSSR count). The van der Waals surface area contributed by atoms with Gasteiger partial charge in [0, 0.05) is 18.8 Å². The van der Waals surface area contributed by atoms with Crippen LogP contribution in [0.2, 0.25) is 0 Å². The number of nitrogens with zero attached hydrogens (tertiary/aromatic N) is 3. The van der Waals surface area contributed by atoms with E-state index in [4.69, 9.17) is 5.26 Å².